The van der Waals surface area contributed by atoms with E-state index < -0.39 is 0 Å². The molecule has 0 bridgehead atoms. The normalized spacial score (nSPS) is 25.0. The highest BCUT2D eigenvalue weighted by atomic mass is 16.2. The van der Waals surface area contributed by atoms with Crippen LogP contribution in [0.5, 0.6) is 0 Å². The number of nitrogens with one attached hydrogen (secondary N) is 2. The second-order valence-electron chi connectivity index (χ2n) is 7.20. The number of carbonyl (C=O) groups is 2. The molecule has 1 saturated heterocycles. The topological polar surface area (TPSA) is 78.1 Å². The molecule has 4 rings (SSSR count). The van der Waals surface area contributed by atoms with Crippen molar-refractivity contribution in [3.63, 3.8) is 0 Å². The van der Waals surface area contributed by atoms with Crippen LogP contribution in [0.3, 0.4) is 0 Å². The molecule has 124 valence electrons. The zero-order valence-corrected chi connectivity index (χ0v) is 13.4. The van der Waals surface area contributed by atoms with Crippen LogP contribution in [-0.4, -0.2) is 46.0 Å². The van der Waals surface area contributed by atoms with E-state index in [1.54, 1.807) is 0 Å². The highest BCUT2D eigenvalue weighted by molar-refractivity contribution is 5.82. The summed E-state index contributed by atoms with van der Waals surface area (Å²) in [4.78, 5) is 26.5. The third-order valence-electron chi connectivity index (χ3n) is 5.47. The molecule has 2 heterocycles. The Hall–Kier alpha value is -1.85. The first-order valence-electron chi connectivity index (χ1n) is 8.81. The third-order valence-corrected chi connectivity index (χ3v) is 5.47. The van der Waals surface area contributed by atoms with Crippen molar-refractivity contribution in [2.75, 3.05) is 13.1 Å². The Morgan fingerprint density at radius 3 is 2.65 bits per heavy atom. The number of hydrogen-bond donors (Lipinski definition) is 2. The van der Waals surface area contributed by atoms with Gasteiger partial charge in [-0.1, -0.05) is 0 Å². The van der Waals surface area contributed by atoms with Crippen LogP contribution < -0.4 is 5.32 Å². The van der Waals surface area contributed by atoms with Gasteiger partial charge in [-0.25, -0.2) is 0 Å². The molecule has 0 aromatic carbocycles. The minimum atomic E-state index is 0.0593. The molecule has 0 unspecified atom stereocenters. The largest absolute Gasteiger partial charge is 0.353 e. The van der Waals surface area contributed by atoms with Crippen LogP contribution in [0.15, 0.2) is 6.20 Å². The lowest BCUT2D eigenvalue weighted by molar-refractivity contribution is -0.136. The fourth-order valence-electron chi connectivity index (χ4n) is 3.81. The second-order valence-corrected chi connectivity index (χ2v) is 7.20. The van der Waals surface area contributed by atoms with Gasteiger partial charge in [0.15, 0.2) is 0 Å². The van der Waals surface area contributed by atoms with Crippen molar-refractivity contribution >= 4 is 11.8 Å². The Bertz CT molecular complexity index is 599. The van der Waals surface area contributed by atoms with E-state index in [9.17, 15) is 9.59 Å². The van der Waals surface area contributed by atoms with E-state index in [1.807, 2.05) is 11.1 Å². The number of rotatable bonds is 3. The number of H-pyrrole nitrogens is 1. The maximum absolute atomic E-state index is 12.5. The van der Waals surface area contributed by atoms with Gasteiger partial charge in [-0.3, -0.25) is 14.7 Å². The highest BCUT2D eigenvalue weighted by Crippen LogP contribution is 2.32. The maximum Gasteiger partial charge on any atom is 0.225 e. The first-order chi connectivity index (χ1) is 11.2. The summed E-state index contributed by atoms with van der Waals surface area (Å²) in [5.41, 5.74) is 2.44. The summed E-state index contributed by atoms with van der Waals surface area (Å²) in [6.07, 6.45) is 8.37. The summed E-state index contributed by atoms with van der Waals surface area (Å²) in [6.45, 7) is 1.48. The molecule has 1 aliphatic heterocycles. The molecule has 3 aliphatic rings. The number of aromatic nitrogens is 2. The molecule has 2 fully saturated rings. The van der Waals surface area contributed by atoms with E-state index in [4.69, 9.17) is 0 Å². The number of amides is 2. The molecule has 0 spiro atoms. The van der Waals surface area contributed by atoms with Gasteiger partial charge in [0.05, 0.1) is 6.20 Å². The number of fused-ring (bicyclic) bond motifs is 1. The van der Waals surface area contributed by atoms with Crippen molar-refractivity contribution < 1.29 is 9.59 Å². The van der Waals surface area contributed by atoms with Crippen LogP contribution in [0, 0.1) is 11.8 Å². The molecule has 1 aromatic rings. The molecule has 1 aromatic heterocycles. The van der Waals surface area contributed by atoms with Crippen molar-refractivity contribution in [3.05, 3.63) is 17.5 Å². The van der Waals surface area contributed by atoms with Gasteiger partial charge < -0.3 is 10.2 Å². The molecule has 1 atom stereocenters. The smallest absolute Gasteiger partial charge is 0.225 e. The monoisotopic (exact) mass is 316 g/mol. The quantitative estimate of drug-likeness (QED) is 0.874. The summed E-state index contributed by atoms with van der Waals surface area (Å²) in [7, 11) is 0. The summed E-state index contributed by atoms with van der Waals surface area (Å²) in [5, 5.41) is 10.3. The number of piperidine rings is 1. The third kappa shape index (κ3) is 3.12. The van der Waals surface area contributed by atoms with Crippen molar-refractivity contribution in [1.82, 2.24) is 20.4 Å². The highest BCUT2D eigenvalue weighted by Gasteiger charge is 2.36. The minimum Gasteiger partial charge on any atom is -0.353 e. The Balaban J connectivity index is 1.26. The van der Waals surface area contributed by atoms with Gasteiger partial charge in [-0.05, 0) is 50.5 Å². The van der Waals surface area contributed by atoms with Crippen LogP contribution in [0.25, 0.3) is 0 Å². The van der Waals surface area contributed by atoms with Crippen molar-refractivity contribution in [1.29, 1.82) is 0 Å². The fourth-order valence-corrected chi connectivity index (χ4v) is 3.81. The number of hydrogen-bond acceptors (Lipinski definition) is 3. The Kier molecular flexibility index (Phi) is 3.83. The van der Waals surface area contributed by atoms with Gasteiger partial charge in [-0.2, -0.15) is 5.10 Å². The summed E-state index contributed by atoms with van der Waals surface area (Å²) >= 11 is 0. The van der Waals surface area contributed by atoms with Crippen molar-refractivity contribution in [2.45, 2.75) is 51.0 Å². The predicted octanol–water partition coefficient (Wildman–Crippen LogP) is 1.03. The molecular weight excluding hydrogens is 292 g/mol. The first kappa shape index (κ1) is 14.7. The molecule has 23 heavy (non-hydrogen) atoms. The van der Waals surface area contributed by atoms with E-state index >= 15 is 0 Å². The number of likely N-dealkylation sites (tertiary alicyclic amines) is 1. The predicted molar refractivity (Wildman–Crippen MR) is 84.6 cm³/mol. The molecule has 6 nitrogen and oxygen atoms in total. The molecule has 2 N–H and O–H groups in total. The number of aromatic amines is 1. The number of aryl methyl sites for hydroxylation is 1. The Labute approximate surface area is 136 Å². The Morgan fingerprint density at radius 1 is 1.13 bits per heavy atom. The average Bonchev–Trinajstić information content (AvgIpc) is 3.32. The van der Waals surface area contributed by atoms with E-state index in [0.717, 1.165) is 58.0 Å². The maximum atomic E-state index is 12.5. The van der Waals surface area contributed by atoms with Crippen LogP contribution >= 0.6 is 0 Å². The second kappa shape index (κ2) is 5.98. The molecule has 2 aliphatic carbocycles. The molecule has 1 saturated carbocycles. The van der Waals surface area contributed by atoms with Crippen LogP contribution in [0.1, 0.15) is 43.4 Å². The van der Waals surface area contributed by atoms with Gasteiger partial charge in [0, 0.05) is 36.7 Å². The molecule has 0 radical (unpaired) electrons. The number of carbonyl (C=O) groups excluding carboxylic acids is 2. The van der Waals surface area contributed by atoms with Gasteiger partial charge in [0.25, 0.3) is 0 Å². The van der Waals surface area contributed by atoms with E-state index in [1.165, 1.54) is 11.3 Å². The lowest BCUT2D eigenvalue weighted by Gasteiger charge is -2.32. The lowest BCUT2D eigenvalue weighted by Crippen LogP contribution is -2.46. The fraction of sp³-hybridized carbons (Fsp3) is 0.706. The standard InChI is InChI=1S/C17H24N4O2/c22-16(19-14-3-4-15-13(9-14)10-18-20-15)11-5-7-21(8-6-11)17(23)12-1-2-12/h10-12,14H,1-9H2,(H,18,20)(H,19,22)/t14-/m1/s1. The van der Waals surface area contributed by atoms with Gasteiger partial charge >= 0.3 is 0 Å². The van der Waals surface area contributed by atoms with E-state index in [0.29, 0.717) is 5.91 Å². The minimum absolute atomic E-state index is 0.0593. The van der Waals surface area contributed by atoms with E-state index in [2.05, 4.69) is 15.5 Å². The van der Waals surface area contributed by atoms with Gasteiger partial charge in [0.1, 0.15) is 0 Å². The number of nitrogens with zero attached hydrogens (tertiary/aromatic N) is 2. The van der Waals surface area contributed by atoms with Crippen LogP contribution in [0.2, 0.25) is 0 Å². The first-order valence-corrected chi connectivity index (χ1v) is 8.81. The summed E-state index contributed by atoms with van der Waals surface area (Å²) in [6, 6.07) is 0.221. The van der Waals surface area contributed by atoms with Gasteiger partial charge in [-0.15, -0.1) is 0 Å². The zero-order chi connectivity index (χ0) is 15.8. The van der Waals surface area contributed by atoms with Crippen LogP contribution in [-0.2, 0) is 22.4 Å². The lowest BCUT2D eigenvalue weighted by atomic mass is 9.91. The summed E-state index contributed by atoms with van der Waals surface area (Å²) in [5.74, 6) is 0.819. The average molecular weight is 316 g/mol. The van der Waals surface area contributed by atoms with Crippen molar-refractivity contribution in [2.24, 2.45) is 11.8 Å². The summed E-state index contributed by atoms with van der Waals surface area (Å²) < 4.78 is 0. The van der Waals surface area contributed by atoms with Gasteiger partial charge in [0.2, 0.25) is 11.8 Å². The Morgan fingerprint density at radius 2 is 1.91 bits per heavy atom. The SMILES string of the molecule is O=C(N[C@@H]1CCc2[nH]ncc2C1)C1CCN(C(=O)C2CC2)CC1. The zero-order valence-electron chi connectivity index (χ0n) is 13.4. The van der Waals surface area contributed by atoms with Crippen LogP contribution in [0.4, 0.5) is 0 Å². The molecule has 6 heteroatoms. The van der Waals surface area contributed by atoms with Crippen molar-refractivity contribution in [3.8, 4) is 0 Å². The van der Waals surface area contributed by atoms with E-state index in [-0.39, 0.29) is 23.8 Å². The molecule has 2 amide bonds. The molecular formula is C17H24N4O2.